The van der Waals surface area contributed by atoms with E-state index in [1.54, 1.807) is 23.5 Å². The summed E-state index contributed by atoms with van der Waals surface area (Å²) in [6.45, 7) is 4.82. The van der Waals surface area contributed by atoms with Crippen LogP contribution < -0.4 is 5.32 Å². The molecule has 2 nitrogen and oxygen atoms in total. The summed E-state index contributed by atoms with van der Waals surface area (Å²) in [5.74, 6) is -0.234. The molecule has 0 radical (unpaired) electrons. The highest BCUT2D eigenvalue weighted by molar-refractivity contribution is 9.10. The van der Waals surface area contributed by atoms with Crippen LogP contribution in [0.25, 0.3) is 0 Å². The van der Waals surface area contributed by atoms with E-state index in [1.165, 1.54) is 10.9 Å². The molecular formula is C13H14BrFN2S. The lowest BCUT2D eigenvalue weighted by molar-refractivity contribution is 0.569. The van der Waals surface area contributed by atoms with E-state index in [-0.39, 0.29) is 11.9 Å². The highest BCUT2D eigenvalue weighted by Crippen LogP contribution is 2.20. The summed E-state index contributed by atoms with van der Waals surface area (Å²) in [7, 11) is 0. The third kappa shape index (κ3) is 3.37. The van der Waals surface area contributed by atoms with Gasteiger partial charge in [0.2, 0.25) is 0 Å². The first-order valence-corrected chi connectivity index (χ1v) is 7.27. The standard InChI is InChI=1S/C13H14BrFN2S/c1-8-6-17-13(18-8)9(2)16-7-10-3-4-12(15)11(14)5-10/h3-6,9,16H,7H2,1-2H3. The Bertz CT molecular complexity index is 542. The first-order valence-electron chi connectivity index (χ1n) is 5.66. The van der Waals surface area contributed by atoms with E-state index in [1.807, 2.05) is 13.1 Å². The zero-order valence-corrected chi connectivity index (χ0v) is 12.6. The predicted molar refractivity (Wildman–Crippen MR) is 76.2 cm³/mol. The van der Waals surface area contributed by atoms with E-state index in [9.17, 15) is 4.39 Å². The average molecular weight is 329 g/mol. The van der Waals surface area contributed by atoms with Gasteiger partial charge in [-0.1, -0.05) is 6.07 Å². The van der Waals surface area contributed by atoms with Gasteiger partial charge in [-0.05, 0) is 47.5 Å². The van der Waals surface area contributed by atoms with E-state index < -0.39 is 0 Å². The Balaban J connectivity index is 1.97. The van der Waals surface area contributed by atoms with Gasteiger partial charge >= 0.3 is 0 Å². The number of thiazole rings is 1. The van der Waals surface area contributed by atoms with Crippen LogP contribution in [-0.2, 0) is 6.54 Å². The van der Waals surface area contributed by atoms with Crippen LogP contribution >= 0.6 is 27.3 Å². The molecule has 1 heterocycles. The fraction of sp³-hybridized carbons (Fsp3) is 0.308. The number of hydrogen-bond acceptors (Lipinski definition) is 3. The zero-order chi connectivity index (χ0) is 13.1. The number of nitrogens with one attached hydrogen (secondary N) is 1. The molecule has 0 saturated carbocycles. The van der Waals surface area contributed by atoms with Gasteiger partial charge < -0.3 is 5.32 Å². The number of halogens is 2. The Morgan fingerprint density at radius 2 is 2.28 bits per heavy atom. The van der Waals surface area contributed by atoms with Gasteiger partial charge in [0.05, 0.1) is 10.5 Å². The van der Waals surface area contributed by atoms with Crippen LogP contribution in [-0.4, -0.2) is 4.98 Å². The van der Waals surface area contributed by atoms with Gasteiger partial charge in [-0.25, -0.2) is 9.37 Å². The number of nitrogens with zero attached hydrogens (tertiary/aromatic N) is 1. The third-order valence-corrected chi connectivity index (χ3v) is 4.31. The zero-order valence-electron chi connectivity index (χ0n) is 10.2. The van der Waals surface area contributed by atoms with Gasteiger partial charge in [0.15, 0.2) is 0 Å². The van der Waals surface area contributed by atoms with E-state index in [4.69, 9.17) is 0 Å². The summed E-state index contributed by atoms with van der Waals surface area (Å²) in [4.78, 5) is 5.56. The Hall–Kier alpha value is -0.780. The van der Waals surface area contributed by atoms with Gasteiger partial charge in [-0.2, -0.15) is 0 Å². The number of aryl methyl sites for hydroxylation is 1. The quantitative estimate of drug-likeness (QED) is 0.909. The van der Waals surface area contributed by atoms with E-state index in [2.05, 4.69) is 33.2 Å². The molecule has 0 amide bonds. The molecule has 0 aliphatic carbocycles. The van der Waals surface area contributed by atoms with Crippen molar-refractivity contribution in [3.8, 4) is 0 Å². The molecule has 1 atom stereocenters. The molecule has 1 N–H and O–H groups in total. The maximum atomic E-state index is 13.1. The molecule has 1 aromatic heterocycles. The van der Waals surface area contributed by atoms with Crippen molar-refractivity contribution in [1.29, 1.82) is 0 Å². The summed E-state index contributed by atoms with van der Waals surface area (Å²) >= 11 is 4.88. The Kier molecular flexibility index (Phi) is 4.48. The van der Waals surface area contributed by atoms with Crippen molar-refractivity contribution in [2.24, 2.45) is 0 Å². The normalized spacial score (nSPS) is 12.7. The molecule has 2 aromatic rings. The van der Waals surface area contributed by atoms with Crippen LogP contribution in [0.1, 0.15) is 28.4 Å². The lowest BCUT2D eigenvalue weighted by atomic mass is 10.2. The van der Waals surface area contributed by atoms with Crippen molar-refractivity contribution in [2.75, 3.05) is 0 Å². The average Bonchev–Trinajstić information content (AvgIpc) is 2.77. The van der Waals surface area contributed by atoms with Gasteiger partial charge in [0.25, 0.3) is 0 Å². The van der Waals surface area contributed by atoms with Crippen molar-refractivity contribution in [3.05, 3.63) is 50.1 Å². The summed E-state index contributed by atoms with van der Waals surface area (Å²) in [5, 5.41) is 4.46. The highest BCUT2D eigenvalue weighted by atomic mass is 79.9. The molecule has 0 spiro atoms. The lowest BCUT2D eigenvalue weighted by Crippen LogP contribution is -2.17. The molecule has 0 aliphatic heterocycles. The van der Waals surface area contributed by atoms with Crippen molar-refractivity contribution >= 4 is 27.3 Å². The van der Waals surface area contributed by atoms with E-state index in [0.29, 0.717) is 11.0 Å². The minimum Gasteiger partial charge on any atom is -0.304 e. The molecule has 0 fully saturated rings. The van der Waals surface area contributed by atoms with Gasteiger partial charge in [0, 0.05) is 17.6 Å². The molecule has 5 heteroatoms. The second-order valence-corrected chi connectivity index (χ2v) is 6.28. The molecule has 18 heavy (non-hydrogen) atoms. The molecule has 0 saturated heterocycles. The van der Waals surface area contributed by atoms with Crippen molar-refractivity contribution in [2.45, 2.75) is 26.4 Å². The van der Waals surface area contributed by atoms with Crippen LogP contribution in [0.2, 0.25) is 0 Å². The number of aromatic nitrogens is 1. The van der Waals surface area contributed by atoms with Gasteiger partial charge in [0.1, 0.15) is 10.8 Å². The minimum atomic E-state index is -0.234. The summed E-state index contributed by atoms with van der Waals surface area (Å²) < 4.78 is 13.6. The number of rotatable bonds is 4. The molecular weight excluding hydrogens is 315 g/mol. The second kappa shape index (κ2) is 5.91. The first kappa shape index (κ1) is 13.6. The molecule has 96 valence electrons. The number of benzene rings is 1. The van der Waals surface area contributed by atoms with Crippen molar-refractivity contribution in [3.63, 3.8) is 0 Å². The minimum absolute atomic E-state index is 0.201. The topological polar surface area (TPSA) is 24.9 Å². The van der Waals surface area contributed by atoms with Crippen LogP contribution in [0.3, 0.4) is 0 Å². The number of hydrogen-bond donors (Lipinski definition) is 1. The van der Waals surface area contributed by atoms with E-state index >= 15 is 0 Å². The Morgan fingerprint density at radius 3 is 2.89 bits per heavy atom. The Morgan fingerprint density at radius 1 is 1.50 bits per heavy atom. The molecule has 1 unspecified atom stereocenters. The third-order valence-electron chi connectivity index (χ3n) is 2.61. The molecule has 0 aliphatic rings. The fourth-order valence-corrected chi connectivity index (χ4v) is 2.81. The second-order valence-electron chi connectivity index (χ2n) is 4.16. The van der Waals surface area contributed by atoms with Crippen LogP contribution in [0.4, 0.5) is 4.39 Å². The SMILES string of the molecule is Cc1cnc(C(C)NCc2ccc(F)c(Br)c2)s1. The van der Waals surface area contributed by atoms with E-state index in [0.717, 1.165) is 10.6 Å². The Labute approximate surface area is 118 Å². The van der Waals surface area contributed by atoms with Crippen LogP contribution in [0.15, 0.2) is 28.9 Å². The maximum Gasteiger partial charge on any atom is 0.137 e. The van der Waals surface area contributed by atoms with Crippen molar-refractivity contribution in [1.82, 2.24) is 10.3 Å². The van der Waals surface area contributed by atoms with Gasteiger partial charge in [-0.3, -0.25) is 0 Å². The summed E-state index contributed by atoms with van der Waals surface area (Å²) in [6, 6.07) is 5.25. The van der Waals surface area contributed by atoms with Crippen LogP contribution in [0.5, 0.6) is 0 Å². The largest absolute Gasteiger partial charge is 0.304 e. The van der Waals surface area contributed by atoms with Crippen molar-refractivity contribution < 1.29 is 4.39 Å². The lowest BCUT2D eigenvalue weighted by Gasteiger charge is -2.11. The fourth-order valence-electron chi connectivity index (χ4n) is 1.58. The predicted octanol–water partition coefficient (Wildman–Crippen LogP) is 4.20. The monoisotopic (exact) mass is 328 g/mol. The summed E-state index contributed by atoms with van der Waals surface area (Å²) in [5.41, 5.74) is 1.04. The molecule has 0 bridgehead atoms. The first-order chi connectivity index (χ1) is 8.56. The van der Waals surface area contributed by atoms with Gasteiger partial charge in [-0.15, -0.1) is 11.3 Å². The van der Waals surface area contributed by atoms with Crippen LogP contribution in [0, 0.1) is 12.7 Å². The molecule has 1 aromatic carbocycles. The highest BCUT2D eigenvalue weighted by Gasteiger charge is 2.09. The smallest absolute Gasteiger partial charge is 0.137 e. The summed E-state index contributed by atoms with van der Waals surface area (Å²) in [6.07, 6.45) is 1.88. The maximum absolute atomic E-state index is 13.1. The molecule has 2 rings (SSSR count).